The van der Waals surface area contributed by atoms with E-state index in [1.54, 1.807) is 0 Å². The summed E-state index contributed by atoms with van der Waals surface area (Å²) in [6, 6.07) is 0. The SMILES string of the molecule is CN(CCC(F)(F)F)c1nc(CC(=O)O)cs1. The number of anilines is 1. The first-order valence-electron chi connectivity index (χ1n) is 4.72. The van der Waals surface area contributed by atoms with Gasteiger partial charge in [-0.1, -0.05) is 0 Å². The van der Waals surface area contributed by atoms with Crippen LogP contribution in [-0.2, 0) is 11.2 Å². The van der Waals surface area contributed by atoms with Gasteiger partial charge in [-0.05, 0) is 0 Å². The van der Waals surface area contributed by atoms with Crippen LogP contribution in [0.25, 0.3) is 0 Å². The molecule has 0 aromatic carbocycles. The molecule has 0 bridgehead atoms. The Balaban J connectivity index is 2.54. The van der Waals surface area contributed by atoms with Gasteiger partial charge in [-0.15, -0.1) is 11.3 Å². The maximum atomic E-state index is 12.0. The molecule has 0 amide bonds. The average molecular weight is 268 g/mol. The molecule has 1 aromatic rings. The first-order chi connectivity index (χ1) is 7.78. The molecule has 0 unspecified atom stereocenters. The number of carbonyl (C=O) groups is 1. The van der Waals surface area contributed by atoms with Crippen molar-refractivity contribution in [1.29, 1.82) is 0 Å². The minimum Gasteiger partial charge on any atom is -0.481 e. The molecule has 0 radical (unpaired) electrons. The van der Waals surface area contributed by atoms with Crippen molar-refractivity contribution in [2.45, 2.75) is 19.0 Å². The van der Waals surface area contributed by atoms with Gasteiger partial charge in [0.25, 0.3) is 0 Å². The van der Waals surface area contributed by atoms with Crippen molar-refractivity contribution in [3.63, 3.8) is 0 Å². The minimum atomic E-state index is -4.20. The van der Waals surface area contributed by atoms with E-state index in [9.17, 15) is 18.0 Å². The van der Waals surface area contributed by atoms with E-state index in [1.807, 2.05) is 0 Å². The minimum absolute atomic E-state index is 0.191. The Morgan fingerprint density at radius 2 is 2.24 bits per heavy atom. The molecule has 96 valence electrons. The number of carboxylic acid groups (broad SMARTS) is 1. The third-order valence-corrected chi connectivity index (χ3v) is 2.93. The second-order valence-electron chi connectivity index (χ2n) is 3.48. The monoisotopic (exact) mass is 268 g/mol. The molecule has 1 rings (SSSR count). The zero-order valence-electron chi connectivity index (χ0n) is 8.99. The van der Waals surface area contributed by atoms with Crippen molar-refractivity contribution in [2.24, 2.45) is 0 Å². The molecule has 4 nitrogen and oxygen atoms in total. The molecule has 1 aromatic heterocycles. The van der Waals surface area contributed by atoms with Crippen LogP contribution in [0.15, 0.2) is 5.38 Å². The highest BCUT2D eigenvalue weighted by atomic mass is 32.1. The number of halogens is 3. The molecule has 0 aliphatic heterocycles. The lowest BCUT2D eigenvalue weighted by Crippen LogP contribution is -2.23. The van der Waals surface area contributed by atoms with Crippen molar-refractivity contribution in [3.05, 3.63) is 11.1 Å². The second kappa shape index (κ2) is 5.35. The lowest BCUT2D eigenvalue weighted by atomic mass is 10.3. The molecule has 8 heteroatoms. The van der Waals surface area contributed by atoms with E-state index in [0.717, 1.165) is 11.3 Å². The van der Waals surface area contributed by atoms with Crippen molar-refractivity contribution in [2.75, 3.05) is 18.5 Å². The van der Waals surface area contributed by atoms with Crippen LogP contribution in [0, 0.1) is 0 Å². The van der Waals surface area contributed by atoms with Gasteiger partial charge in [0.15, 0.2) is 5.13 Å². The molecule has 0 atom stereocenters. The van der Waals surface area contributed by atoms with Gasteiger partial charge in [0.05, 0.1) is 18.5 Å². The molecular weight excluding hydrogens is 257 g/mol. The summed E-state index contributed by atoms with van der Waals surface area (Å²) in [4.78, 5) is 15.7. The molecule has 0 spiro atoms. The highest BCUT2D eigenvalue weighted by molar-refractivity contribution is 7.13. The van der Waals surface area contributed by atoms with Crippen LogP contribution in [0.2, 0.25) is 0 Å². The van der Waals surface area contributed by atoms with Crippen LogP contribution < -0.4 is 4.90 Å². The quantitative estimate of drug-likeness (QED) is 0.889. The molecule has 0 aliphatic carbocycles. The van der Waals surface area contributed by atoms with E-state index in [2.05, 4.69) is 4.98 Å². The Kier molecular flexibility index (Phi) is 4.33. The molecule has 1 heterocycles. The summed E-state index contributed by atoms with van der Waals surface area (Å²) in [5.41, 5.74) is 0.358. The number of aliphatic carboxylic acids is 1. The number of rotatable bonds is 5. The van der Waals surface area contributed by atoms with Crippen LogP contribution in [0.3, 0.4) is 0 Å². The molecule has 0 fully saturated rings. The van der Waals surface area contributed by atoms with Gasteiger partial charge in [-0.25, -0.2) is 4.98 Å². The Morgan fingerprint density at radius 1 is 1.59 bits per heavy atom. The fourth-order valence-electron chi connectivity index (χ4n) is 1.10. The smallest absolute Gasteiger partial charge is 0.390 e. The van der Waals surface area contributed by atoms with Crippen LogP contribution in [0.4, 0.5) is 18.3 Å². The Morgan fingerprint density at radius 3 is 2.76 bits per heavy atom. The first kappa shape index (κ1) is 13.8. The molecule has 0 saturated heterocycles. The topological polar surface area (TPSA) is 53.4 Å². The Labute approximate surface area is 99.7 Å². The number of alkyl halides is 3. The van der Waals surface area contributed by atoms with Crippen molar-refractivity contribution in [3.8, 4) is 0 Å². The average Bonchev–Trinajstić information content (AvgIpc) is 2.60. The zero-order valence-corrected chi connectivity index (χ0v) is 9.81. The van der Waals surface area contributed by atoms with Crippen LogP contribution in [0.5, 0.6) is 0 Å². The van der Waals surface area contributed by atoms with Crippen LogP contribution in [0.1, 0.15) is 12.1 Å². The number of hydrogen-bond donors (Lipinski definition) is 1. The van der Waals surface area contributed by atoms with E-state index in [-0.39, 0.29) is 13.0 Å². The van der Waals surface area contributed by atoms with E-state index in [0.29, 0.717) is 10.8 Å². The van der Waals surface area contributed by atoms with E-state index in [4.69, 9.17) is 5.11 Å². The second-order valence-corrected chi connectivity index (χ2v) is 4.32. The summed E-state index contributed by atoms with van der Waals surface area (Å²) in [6.07, 6.45) is -5.34. The van der Waals surface area contributed by atoms with Crippen LogP contribution in [-0.4, -0.2) is 35.8 Å². The molecule has 0 saturated carbocycles. The Hall–Kier alpha value is -1.31. The van der Waals surface area contributed by atoms with Gasteiger partial charge in [0.2, 0.25) is 0 Å². The predicted octanol–water partition coefficient (Wildman–Crippen LogP) is 2.16. The highest BCUT2D eigenvalue weighted by Crippen LogP contribution is 2.23. The molecule has 1 N–H and O–H groups in total. The summed E-state index contributed by atoms with van der Waals surface area (Å²) in [5.74, 6) is -1.01. The number of hydrogen-bond acceptors (Lipinski definition) is 4. The maximum Gasteiger partial charge on any atom is 0.390 e. The van der Waals surface area contributed by atoms with E-state index >= 15 is 0 Å². The van der Waals surface area contributed by atoms with Gasteiger partial charge >= 0.3 is 12.1 Å². The predicted molar refractivity (Wildman–Crippen MR) is 57.4 cm³/mol. The zero-order chi connectivity index (χ0) is 13.1. The molecule has 0 aliphatic rings. The fourth-order valence-corrected chi connectivity index (χ4v) is 1.92. The number of aromatic nitrogens is 1. The van der Waals surface area contributed by atoms with Crippen LogP contribution >= 0.6 is 11.3 Å². The molecule has 17 heavy (non-hydrogen) atoms. The van der Waals surface area contributed by atoms with Gasteiger partial charge in [-0.2, -0.15) is 13.2 Å². The standard InChI is InChI=1S/C9H11F3N2O2S/c1-14(3-2-9(10,11)12)8-13-6(5-17-8)4-7(15)16/h5H,2-4H2,1H3,(H,15,16). The summed E-state index contributed by atoms with van der Waals surface area (Å²) >= 11 is 1.13. The normalized spacial score (nSPS) is 11.5. The van der Waals surface area contributed by atoms with Crippen molar-refractivity contribution < 1.29 is 23.1 Å². The van der Waals surface area contributed by atoms with E-state index < -0.39 is 18.6 Å². The van der Waals surface area contributed by atoms with Crippen molar-refractivity contribution in [1.82, 2.24) is 4.98 Å². The fraction of sp³-hybridized carbons (Fsp3) is 0.556. The molecular formula is C9H11F3N2O2S. The number of thiazole rings is 1. The lowest BCUT2D eigenvalue weighted by molar-refractivity contribution is -0.136. The van der Waals surface area contributed by atoms with Crippen molar-refractivity contribution >= 4 is 22.4 Å². The summed E-state index contributed by atoms with van der Waals surface area (Å²) in [7, 11) is 1.50. The third-order valence-electron chi connectivity index (χ3n) is 1.93. The summed E-state index contributed by atoms with van der Waals surface area (Å²) in [5, 5.41) is 10.5. The maximum absolute atomic E-state index is 12.0. The first-order valence-corrected chi connectivity index (χ1v) is 5.60. The third kappa shape index (κ3) is 5.03. The number of carboxylic acids is 1. The largest absolute Gasteiger partial charge is 0.481 e. The Bertz CT molecular complexity index is 392. The van der Waals surface area contributed by atoms with E-state index in [1.165, 1.54) is 17.3 Å². The number of nitrogens with zero attached hydrogens (tertiary/aromatic N) is 2. The van der Waals surface area contributed by atoms with Gasteiger partial charge in [-0.3, -0.25) is 4.79 Å². The van der Waals surface area contributed by atoms with Gasteiger partial charge < -0.3 is 10.0 Å². The van der Waals surface area contributed by atoms with Gasteiger partial charge in [0.1, 0.15) is 0 Å². The summed E-state index contributed by atoms with van der Waals surface area (Å²) < 4.78 is 36.0. The van der Waals surface area contributed by atoms with Gasteiger partial charge in [0, 0.05) is 19.0 Å². The lowest BCUT2D eigenvalue weighted by Gasteiger charge is -2.16. The highest BCUT2D eigenvalue weighted by Gasteiger charge is 2.27. The summed E-state index contributed by atoms with van der Waals surface area (Å²) in [6.45, 7) is -0.191.